The van der Waals surface area contributed by atoms with Crippen molar-refractivity contribution in [2.75, 3.05) is 11.9 Å². The SMILES string of the molecule is O=C(NCn1nnc2ccccc21)C1N([C@@H](CO)Cc2ccccc2)C(=O)[C@@H]2[C@@H](C(=O)Nc3ccccc3)[C@@H]3OC12CC3Br. The first-order chi connectivity index (χ1) is 21.4. The van der Waals surface area contributed by atoms with Gasteiger partial charge in [-0.25, -0.2) is 4.68 Å². The highest BCUT2D eigenvalue weighted by Gasteiger charge is 2.77. The molecule has 3 unspecified atom stereocenters. The Labute approximate surface area is 261 Å². The summed E-state index contributed by atoms with van der Waals surface area (Å²) in [6.07, 6.45) is 0.0740. The maximum atomic E-state index is 14.5. The van der Waals surface area contributed by atoms with Crippen LogP contribution in [0.15, 0.2) is 84.9 Å². The number of likely N-dealkylation sites (tertiary alicyclic amines) is 1. The molecular formula is C32H31BrN6O5. The monoisotopic (exact) mass is 658 g/mol. The van der Waals surface area contributed by atoms with Crippen LogP contribution in [0.25, 0.3) is 11.0 Å². The van der Waals surface area contributed by atoms with E-state index in [1.807, 2.05) is 72.8 Å². The number of hydrogen-bond donors (Lipinski definition) is 3. The first-order valence-electron chi connectivity index (χ1n) is 14.6. The Hall–Kier alpha value is -4.13. The van der Waals surface area contributed by atoms with Gasteiger partial charge in [-0.15, -0.1) is 5.10 Å². The van der Waals surface area contributed by atoms with Gasteiger partial charge in [-0.05, 0) is 42.7 Å². The minimum absolute atomic E-state index is 0.0141. The average molecular weight is 660 g/mol. The van der Waals surface area contributed by atoms with Gasteiger partial charge in [0.05, 0.1) is 36.1 Å². The highest BCUT2D eigenvalue weighted by molar-refractivity contribution is 9.09. The van der Waals surface area contributed by atoms with Crippen molar-refractivity contribution in [3.63, 3.8) is 0 Å². The number of rotatable bonds is 9. The number of hydrogen-bond acceptors (Lipinski definition) is 7. The fourth-order valence-corrected chi connectivity index (χ4v) is 8.17. The maximum Gasteiger partial charge on any atom is 0.247 e. The molecule has 3 aliphatic rings. The predicted molar refractivity (Wildman–Crippen MR) is 164 cm³/mol. The molecule has 3 amide bonds. The van der Waals surface area contributed by atoms with E-state index in [4.69, 9.17) is 4.74 Å². The van der Waals surface area contributed by atoms with Crippen molar-refractivity contribution in [1.29, 1.82) is 0 Å². The van der Waals surface area contributed by atoms with E-state index in [0.29, 0.717) is 24.0 Å². The lowest BCUT2D eigenvalue weighted by atomic mass is 9.70. The second-order valence-electron chi connectivity index (χ2n) is 11.6. The number of ether oxygens (including phenoxy) is 1. The molecule has 226 valence electrons. The van der Waals surface area contributed by atoms with Gasteiger partial charge in [-0.3, -0.25) is 14.4 Å². The van der Waals surface area contributed by atoms with Gasteiger partial charge in [0.2, 0.25) is 17.7 Å². The molecule has 0 radical (unpaired) electrons. The molecular weight excluding hydrogens is 628 g/mol. The van der Waals surface area contributed by atoms with Crippen molar-refractivity contribution >= 4 is 50.4 Å². The van der Waals surface area contributed by atoms with Gasteiger partial charge < -0.3 is 25.4 Å². The topological polar surface area (TPSA) is 139 Å². The summed E-state index contributed by atoms with van der Waals surface area (Å²) in [7, 11) is 0. The summed E-state index contributed by atoms with van der Waals surface area (Å²) < 4.78 is 8.18. The van der Waals surface area contributed by atoms with Gasteiger partial charge in [0.15, 0.2) is 0 Å². The minimum atomic E-state index is -1.27. The number of aliphatic hydroxyl groups excluding tert-OH is 1. The van der Waals surface area contributed by atoms with Crippen LogP contribution in [0, 0.1) is 11.8 Å². The number of benzene rings is 3. The summed E-state index contributed by atoms with van der Waals surface area (Å²) in [4.78, 5) is 43.8. The van der Waals surface area contributed by atoms with E-state index in [0.717, 1.165) is 11.1 Å². The zero-order valence-electron chi connectivity index (χ0n) is 23.6. The highest BCUT2D eigenvalue weighted by Crippen LogP contribution is 2.60. The van der Waals surface area contributed by atoms with Gasteiger partial charge in [0.25, 0.3) is 0 Å². The Balaban J connectivity index is 1.24. The lowest BCUT2D eigenvalue weighted by Crippen LogP contribution is -2.58. The van der Waals surface area contributed by atoms with Crippen molar-refractivity contribution < 1.29 is 24.2 Å². The van der Waals surface area contributed by atoms with Crippen LogP contribution in [0.4, 0.5) is 5.69 Å². The normalized spacial score (nSPS) is 27.8. The van der Waals surface area contributed by atoms with E-state index in [1.165, 1.54) is 4.90 Å². The van der Waals surface area contributed by atoms with Crippen LogP contribution in [-0.4, -0.2) is 77.9 Å². The standard InChI is InChI=1S/C32H31BrN6O5/c33-22-16-32-26(25(27(22)44-32)29(41)35-20-11-5-2-6-12-20)31(43)39(21(17-40)15-19-9-3-1-4-10-19)28(32)30(42)34-18-38-24-14-8-7-13-23(24)36-37-38/h1-14,21-22,25-28,40H,15-18H2,(H,34,42)(H,35,41)/t21-,22?,25-,26+,27-,28?,32?/m1/s1. The zero-order valence-corrected chi connectivity index (χ0v) is 25.2. The van der Waals surface area contributed by atoms with Crippen molar-refractivity contribution in [2.45, 2.75) is 48.1 Å². The average Bonchev–Trinajstić information content (AvgIpc) is 3.76. The number of aliphatic hydroxyl groups is 1. The summed E-state index contributed by atoms with van der Waals surface area (Å²) in [5.74, 6) is -2.91. The first kappa shape index (κ1) is 28.6. The Morgan fingerprint density at radius 1 is 1.02 bits per heavy atom. The van der Waals surface area contributed by atoms with Crippen LogP contribution in [-0.2, 0) is 32.2 Å². The summed E-state index contributed by atoms with van der Waals surface area (Å²) in [5.41, 5.74) is 1.68. The number of fused-ring (bicyclic) bond motifs is 2. The minimum Gasteiger partial charge on any atom is -0.394 e. The Morgan fingerprint density at radius 2 is 1.73 bits per heavy atom. The first-order valence-corrected chi connectivity index (χ1v) is 15.5. The van der Waals surface area contributed by atoms with Crippen molar-refractivity contribution in [2.24, 2.45) is 11.8 Å². The van der Waals surface area contributed by atoms with E-state index in [2.05, 4.69) is 36.9 Å². The van der Waals surface area contributed by atoms with E-state index in [9.17, 15) is 19.5 Å². The van der Waals surface area contributed by atoms with E-state index >= 15 is 0 Å². The molecule has 4 heterocycles. The Bertz CT molecular complexity index is 1700. The smallest absolute Gasteiger partial charge is 0.247 e. The molecule has 12 heteroatoms. The number of anilines is 1. The number of aromatic nitrogens is 3. The summed E-state index contributed by atoms with van der Waals surface area (Å²) in [6.45, 7) is -0.358. The number of para-hydroxylation sites is 2. The molecule has 3 N–H and O–H groups in total. The second kappa shape index (κ2) is 11.4. The molecule has 3 saturated heterocycles. The lowest BCUT2D eigenvalue weighted by Gasteiger charge is -2.37. The number of alkyl halides is 1. The van der Waals surface area contributed by atoms with Crippen LogP contribution in [0.1, 0.15) is 12.0 Å². The van der Waals surface area contributed by atoms with Crippen LogP contribution < -0.4 is 10.6 Å². The number of halogens is 1. The molecule has 3 aromatic carbocycles. The Morgan fingerprint density at radius 3 is 2.48 bits per heavy atom. The largest absolute Gasteiger partial charge is 0.394 e. The summed E-state index contributed by atoms with van der Waals surface area (Å²) in [5, 5.41) is 24.9. The number of nitrogens with zero attached hydrogens (tertiary/aromatic N) is 4. The molecule has 3 fully saturated rings. The number of amides is 3. The summed E-state index contributed by atoms with van der Waals surface area (Å²) >= 11 is 3.70. The van der Waals surface area contributed by atoms with Crippen LogP contribution in [0.3, 0.4) is 0 Å². The quantitative estimate of drug-likeness (QED) is 0.235. The van der Waals surface area contributed by atoms with Gasteiger partial charge >= 0.3 is 0 Å². The zero-order chi connectivity index (χ0) is 30.4. The highest BCUT2D eigenvalue weighted by atomic mass is 79.9. The number of nitrogens with one attached hydrogen (secondary N) is 2. The van der Waals surface area contributed by atoms with E-state index in [-0.39, 0.29) is 29.9 Å². The molecule has 1 aromatic heterocycles. The van der Waals surface area contributed by atoms with Crippen molar-refractivity contribution in [3.05, 3.63) is 90.5 Å². The number of carbonyl (C=O) groups excluding carboxylic acids is 3. The lowest BCUT2D eigenvalue weighted by molar-refractivity contribution is -0.145. The van der Waals surface area contributed by atoms with Crippen molar-refractivity contribution in [1.82, 2.24) is 25.2 Å². The third-order valence-corrected chi connectivity index (χ3v) is 9.91. The van der Waals surface area contributed by atoms with Gasteiger partial charge in [-0.2, -0.15) is 0 Å². The van der Waals surface area contributed by atoms with E-state index in [1.54, 1.807) is 16.8 Å². The molecule has 4 aromatic rings. The van der Waals surface area contributed by atoms with Crippen LogP contribution >= 0.6 is 15.9 Å². The third-order valence-electron chi connectivity index (χ3n) is 9.06. The fraction of sp³-hybridized carbons (Fsp3) is 0.344. The van der Waals surface area contributed by atoms with Crippen molar-refractivity contribution in [3.8, 4) is 0 Å². The molecule has 11 nitrogen and oxygen atoms in total. The second-order valence-corrected chi connectivity index (χ2v) is 12.7. The van der Waals surface area contributed by atoms with Gasteiger partial charge in [-0.1, -0.05) is 81.8 Å². The maximum absolute atomic E-state index is 14.5. The molecule has 3 aliphatic heterocycles. The Kier molecular flexibility index (Phi) is 7.43. The molecule has 2 bridgehead atoms. The molecule has 7 atom stereocenters. The predicted octanol–water partition coefficient (Wildman–Crippen LogP) is 2.50. The molecule has 1 spiro atoms. The van der Waals surface area contributed by atoms with Gasteiger partial charge in [0.1, 0.15) is 23.8 Å². The molecule has 44 heavy (non-hydrogen) atoms. The van der Waals surface area contributed by atoms with Crippen LogP contribution in [0.5, 0.6) is 0 Å². The number of carbonyl (C=O) groups is 3. The molecule has 0 saturated carbocycles. The molecule has 0 aliphatic carbocycles. The fourth-order valence-electron chi connectivity index (χ4n) is 7.23. The van der Waals surface area contributed by atoms with E-state index < -0.39 is 41.5 Å². The summed E-state index contributed by atoms with van der Waals surface area (Å²) in [6, 6.07) is 24.2. The third kappa shape index (κ3) is 4.68. The van der Waals surface area contributed by atoms with Gasteiger partial charge in [0, 0.05) is 10.5 Å². The molecule has 7 rings (SSSR count). The van der Waals surface area contributed by atoms with Crippen LogP contribution in [0.2, 0.25) is 0 Å².